The minimum atomic E-state index is -1.49. The molecule has 37 heteroatoms. The smallest absolute Gasteiger partial charge is 0.243 e. The van der Waals surface area contributed by atoms with Crippen molar-refractivity contribution in [2.24, 2.45) is 83.2 Å². The van der Waals surface area contributed by atoms with Gasteiger partial charge < -0.3 is 116 Å². The number of amides is 12. The molecule has 0 radical (unpaired) electrons. The third-order valence-corrected chi connectivity index (χ3v) is 16.6. The number of guanidine groups is 4. The molecule has 0 saturated carbocycles. The van der Waals surface area contributed by atoms with Crippen molar-refractivity contribution < 1.29 is 57.5 Å². The van der Waals surface area contributed by atoms with Gasteiger partial charge in [-0.3, -0.25) is 77.5 Å². The molecule has 12 amide bonds. The molecule has 0 heterocycles. The normalized spacial score (nSPS) is 13.9. The Morgan fingerprint density at radius 2 is 0.556 bits per heavy atom. The molecule has 0 aliphatic heterocycles. The van der Waals surface area contributed by atoms with Gasteiger partial charge in [0.2, 0.25) is 70.9 Å². The van der Waals surface area contributed by atoms with Crippen molar-refractivity contribution >= 4 is 94.7 Å². The number of benzene rings is 3. The molecule has 0 aliphatic rings. The standard InChI is InChI=1S/C71H113N25O12/c1-41(2)37-53(94-63(104)52(31-20-36-85-71(80)81)93-66(107)55(39-46-23-11-7-12-24-46)96-67(108)56(40-47-25-13-8-14-26-47)95-65(106)54(88-44(5)97)38-45-21-9-6-10-22-45)64(105)92-51(30-19-35-84-70(78)79)62(103)91-50(29-18-34-83-69(76)77)61(102)87-43(4)59(100)90-49(28-17-33-82-68(74)75)60(101)86-42(3)58(99)89-48(57(73)98)27-15-16-32-72/h6-14,21-26,41-43,48-56H,15-20,27-40,72H2,1-5H3,(H2,73,98)(H,86,101)(H,87,102)(H,88,97)(H,89,99)(H,90,100)(H,91,103)(H,92,105)(H,93,107)(H,94,104)(H,95,106)(H,96,108)(H4,74,75,82)(H4,76,77,83)(H4,78,79,84)(H4,80,81,85)/t42-,43+,48-,49-,50-,51-,52-,53-,54-,55-,56-/m0/s1. The zero-order valence-corrected chi connectivity index (χ0v) is 62.2. The van der Waals surface area contributed by atoms with E-state index in [1.54, 1.807) is 105 Å². The van der Waals surface area contributed by atoms with E-state index >= 15 is 0 Å². The van der Waals surface area contributed by atoms with Gasteiger partial charge in [0, 0.05) is 52.4 Å². The van der Waals surface area contributed by atoms with Crippen LogP contribution in [-0.2, 0) is 76.8 Å². The molecule has 3 aromatic carbocycles. The number of unbranched alkanes of at least 4 members (excludes halogenated alkanes) is 1. The van der Waals surface area contributed by atoms with E-state index in [4.69, 9.17) is 57.3 Å². The summed E-state index contributed by atoms with van der Waals surface area (Å²) in [5.41, 5.74) is 57.8. The van der Waals surface area contributed by atoms with Gasteiger partial charge in [-0.1, -0.05) is 105 Å². The Morgan fingerprint density at radius 3 is 0.843 bits per heavy atom. The number of aliphatic imine (C=N–C) groups is 4. The van der Waals surface area contributed by atoms with Gasteiger partial charge in [0.25, 0.3) is 0 Å². The summed E-state index contributed by atoms with van der Waals surface area (Å²) < 4.78 is 0. The maximum absolute atomic E-state index is 15.0. The zero-order valence-electron chi connectivity index (χ0n) is 62.2. The van der Waals surface area contributed by atoms with Crippen LogP contribution in [0.3, 0.4) is 0 Å². The minimum absolute atomic E-state index is 0.00736. The lowest BCUT2D eigenvalue weighted by atomic mass is 10.00. The number of nitrogens with two attached hydrogens (primary N) is 10. The van der Waals surface area contributed by atoms with Gasteiger partial charge >= 0.3 is 0 Å². The lowest BCUT2D eigenvalue weighted by Crippen LogP contribution is -2.61. The number of hydrogen-bond donors (Lipinski definition) is 21. The molecule has 11 atom stereocenters. The average molecular weight is 1510 g/mol. The molecular formula is C71H113N25O12. The van der Waals surface area contributed by atoms with Crippen LogP contribution < -0.4 is 116 Å². The summed E-state index contributed by atoms with van der Waals surface area (Å²) in [6.45, 7) is 7.77. The molecule has 594 valence electrons. The molecule has 31 N–H and O–H groups in total. The summed E-state index contributed by atoms with van der Waals surface area (Å²) in [6, 6.07) is 11.6. The fourth-order valence-corrected chi connectivity index (χ4v) is 11.0. The van der Waals surface area contributed by atoms with E-state index < -0.39 is 137 Å². The van der Waals surface area contributed by atoms with Crippen LogP contribution in [0.2, 0.25) is 0 Å². The van der Waals surface area contributed by atoms with E-state index in [-0.39, 0.29) is 139 Å². The molecule has 0 unspecified atom stereocenters. The van der Waals surface area contributed by atoms with Crippen molar-refractivity contribution in [3.63, 3.8) is 0 Å². The summed E-state index contributed by atoms with van der Waals surface area (Å²) in [5.74, 6) is -11.0. The Labute approximate surface area is 629 Å². The second-order valence-corrected chi connectivity index (χ2v) is 26.4. The Kier molecular flexibility index (Phi) is 41.2. The molecule has 0 fully saturated rings. The monoisotopic (exact) mass is 1510 g/mol. The van der Waals surface area contributed by atoms with Crippen molar-refractivity contribution in [3.8, 4) is 0 Å². The summed E-state index contributed by atoms with van der Waals surface area (Å²) >= 11 is 0. The van der Waals surface area contributed by atoms with Crippen molar-refractivity contribution in [1.82, 2.24) is 58.5 Å². The SMILES string of the molecule is CC(=O)N[C@@H](Cc1ccccc1)C(=O)N[C@@H](Cc1ccccc1)C(=O)N[C@@H](Cc1ccccc1)C(=O)N[C@@H](CCCN=C(N)N)C(=O)N[C@@H](CC(C)C)C(=O)N[C@@H](CCCN=C(N)N)C(=O)N[C@@H](CCCN=C(N)N)C(=O)N[C@H](C)C(=O)N[C@@H](CCCN=C(N)N)C(=O)N[C@@H](C)C(=O)N[C@@H](CCCCN)C(N)=O. The number of nitrogens with one attached hydrogen (secondary N) is 11. The first kappa shape index (κ1) is 90.6. The number of nitrogens with zero attached hydrogens (tertiary/aromatic N) is 4. The lowest BCUT2D eigenvalue weighted by molar-refractivity contribution is -0.136. The van der Waals surface area contributed by atoms with Crippen LogP contribution in [0.25, 0.3) is 0 Å². The fraction of sp³-hybridized carbons (Fsp3) is 0.521. The highest BCUT2D eigenvalue weighted by Gasteiger charge is 2.36. The quantitative estimate of drug-likeness (QED) is 0.0143. The van der Waals surface area contributed by atoms with E-state index in [1.807, 2.05) is 0 Å². The molecule has 3 rings (SSSR count). The van der Waals surface area contributed by atoms with E-state index in [2.05, 4.69) is 78.5 Å². The predicted molar refractivity (Wildman–Crippen MR) is 410 cm³/mol. The maximum atomic E-state index is 15.0. The minimum Gasteiger partial charge on any atom is -0.370 e. The van der Waals surface area contributed by atoms with E-state index in [9.17, 15) is 57.5 Å². The summed E-state index contributed by atoms with van der Waals surface area (Å²) in [6.07, 6.45) is 0.951. The number of rotatable bonds is 50. The fourth-order valence-electron chi connectivity index (χ4n) is 11.0. The van der Waals surface area contributed by atoms with Crippen LogP contribution in [-0.4, -0.2) is 194 Å². The summed E-state index contributed by atoms with van der Waals surface area (Å²) in [5, 5.41) is 29.4. The van der Waals surface area contributed by atoms with Crippen molar-refractivity contribution in [3.05, 3.63) is 108 Å². The van der Waals surface area contributed by atoms with E-state index in [0.29, 0.717) is 30.5 Å². The first-order chi connectivity index (χ1) is 51.3. The van der Waals surface area contributed by atoms with Gasteiger partial charge in [-0.05, 0) is 120 Å². The third kappa shape index (κ3) is 36.9. The first-order valence-corrected chi connectivity index (χ1v) is 35.9. The predicted octanol–water partition coefficient (Wildman–Crippen LogP) is -5.02. The summed E-state index contributed by atoms with van der Waals surface area (Å²) in [7, 11) is 0. The average Bonchev–Trinajstić information content (AvgIpc) is 0.850. The molecular weight excluding hydrogens is 1390 g/mol. The van der Waals surface area contributed by atoms with Crippen LogP contribution >= 0.6 is 0 Å². The molecule has 0 aromatic heterocycles. The first-order valence-electron chi connectivity index (χ1n) is 35.9. The van der Waals surface area contributed by atoms with Gasteiger partial charge in [0.05, 0.1) is 0 Å². The highest BCUT2D eigenvalue weighted by atomic mass is 16.2. The third-order valence-electron chi connectivity index (χ3n) is 16.6. The summed E-state index contributed by atoms with van der Waals surface area (Å²) in [4.78, 5) is 185. The van der Waals surface area contributed by atoms with Crippen molar-refractivity contribution in [2.45, 2.75) is 197 Å². The maximum Gasteiger partial charge on any atom is 0.243 e. The lowest BCUT2D eigenvalue weighted by Gasteiger charge is -2.29. The topological polar surface area (TPSA) is 647 Å². The van der Waals surface area contributed by atoms with Crippen LogP contribution in [0.1, 0.15) is 128 Å². The zero-order chi connectivity index (χ0) is 80.3. The molecule has 0 saturated heterocycles. The Balaban J connectivity index is 2.02. The molecule has 0 bridgehead atoms. The second-order valence-electron chi connectivity index (χ2n) is 26.4. The molecule has 3 aromatic rings. The number of carbonyl (C=O) groups excluding carboxylic acids is 12. The Bertz CT molecular complexity index is 3520. The van der Waals surface area contributed by atoms with Crippen molar-refractivity contribution in [2.75, 3.05) is 32.7 Å². The highest BCUT2D eigenvalue weighted by Crippen LogP contribution is 2.14. The van der Waals surface area contributed by atoms with Crippen LogP contribution in [0.5, 0.6) is 0 Å². The van der Waals surface area contributed by atoms with E-state index in [0.717, 1.165) is 5.56 Å². The highest BCUT2D eigenvalue weighted by molar-refractivity contribution is 5.99. The van der Waals surface area contributed by atoms with Gasteiger partial charge in [-0.25, -0.2) is 0 Å². The Hall–Kier alpha value is -11.7. The van der Waals surface area contributed by atoms with Gasteiger partial charge in [0.1, 0.15) is 66.5 Å². The van der Waals surface area contributed by atoms with Gasteiger partial charge in [-0.15, -0.1) is 0 Å². The van der Waals surface area contributed by atoms with Crippen LogP contribution in [0, 0.1) is 5.92 Å². The molecule has 0 spiro atoms. The van der Waals surface area contributed by atoms with E-state index in [1.165, 1.54) is 20.8 Å². The molecule has 37 nitrogen and oxygen atoms in total. The number of primary amides is 1. The number of hydrogen-bond acceptors (Lipinski definition) is 17. The van der Waals surface area contributed by atoms with Crippen molar-refractivity contribution in [1.29, 1.82) is 0 Å². The van der Waals surface area contributed by atoms with Gasteiger partial charge in [-0.2, -0.15) is 0 Å². The van der Waals surface area contributed by atoms with Crippen LogP contribution in [0.15, 0.2) is 111 Å². The second kappa shape index (κ2) is 49.2. The van der Waals surface area contributed by atoms with Gasteiger partial charge in [0.15, 0.2) is 23.8 Å². The molecule has 0 aliphatic carbocycles. The largest absolute Gasteiger partial charge is 0.370 e. The molecule has 108 heavy (non-hydrogen) atoms. The number of carbonyl (C=O) groups is 12. The van der Waals surface area contributed by atoms with Crippen LogP contribution in [0.4, 0.5) is 0 Å². The Morgan fingerprint density at radius 1 is 0.306 bits per heavy atom.